The average Bonchev–Trinajstić information content (AvgIpc) is 2.80. The highest BCUT2D eigenvalue weighted by molar-refractivity contribution is 5.94. The number of furan rings is 1. The average molecular weight is 275 g/mol. The normalized spacial score (nSPS) is 12.6. The Kier molecular flexibility index (Phi) is 4.05. The van der Waals surface area contributed by atoms with E-state index in [4.69, 9.17) is 10.2 Å². The summed E-state index contributed by atoms with van der Waals surface area (Å²) >= 11 is 0. The van der Waals surface area contributed by atoms with Crippen molar-refractivity contribution in [2.75, 3.05) is 13.6 Å². The molecular formula is C14H17N3O3. The summed E-state index contributed by atoms with van der Waals surface area (Å²) in [7, 11) is 1.78. The molecule has 1 atom stereocenters. The number of para-hydroxylation sites is 1. The molecule has 2 aromatic rings. The second-order valence-corrected chi connectivity index (χ2v) is 4.69. The van der Waals surface area contributed by atoms with Crippen LogP contribution in [-0.4, -0.2) is 30.4 Å². The molecule has 0 radical (unpaired) electrons. The number of primary amides is 1. The molecule has 3 N–H and O–H groups in total. The topological polar surface area (TPSA) is 88.6 Å². The van der Waals surface area contributed by atoms with Gasteiger partial charge < -0.3 is 10.2 Å². The lowest BCUT2D eigenvalue weighted by atomic mass is 10.2. The maximum absolute atomic E-state index is 11.5. The van der Waals surface area contributed by atoms with E-state index < -0.39 is 11.9 Å². The van der Waals surface area contributed by atoms with Crippen molar-refractivity contribution in [1.82, 2.24) is 10.2 Å². The van der Waals surface area contributed by atoms with Crippen molar-refractivity contribution >= 4 is 22.9 Å². The third-order valence-electron chi connectivity index (χ3n) is 3.17. The Morgan fingerprint density at radius 3 is 2.75 bits per heavy atom. The number of carbonyl (C=O) groups is 2. The fourth-order valence-corrected chi connectivity index (χ4v) is 1.97. The molecule has 1 heterocycles. The van der Waals surface area contributed by atoms with E-state index in [0.29, 0.717) is 0 Å². The maximum atomic E-state index is 11.5. The van der Waals surface area contributed by atoms with Crippen LogP contribution in [0, 0.1) is 0 Å². The van der Waals surface area contributed by atoms with Crippen LogP contribution in [0.2, 0.25) is 0 Å². The van der Waals surface area contributed by atoms with Crippen molar-refractivity contribution in [1.29, 1.82) is 0 Å². The molecule has 20 heavy (non-hydrogen) atoms. The van der Waals surface area contributed by atoms with Gasteiger partial charge in [-0.15, -0.1) is 0 Å². The quantitative estimate of drug-likeness (QED) is 0.887. The summed E-state index contributed by atoms with van der Waals surface area (Å²) in [5.41, 5.74) is 5.71. The molecule has 0 saturated heterocycles. The second kappa shape index (κ2) is 5.75. The van der Waals surface area contributed by atoms with Gasteiger partial charge in [-0.05, 0) is 26.1 Å². The second-order valence-electron chi connectivity index (χ2n) is 4.69. The molecule has 0 unspecified atom stereocenters. The van der Waals surface area contributed by atoms with Gasteiger partial charge in [-0.25, -0.2) is 4.79 Å². The summed E-state index contributed by atoms with van der Waals surface area (Å²) in [6.07, 6.45) is 0. The Labute approximate surface area is 116 Å². The first kappa shape index (κ1) is 14.1. The van der Waals surface area contributed by atoms with Gasteiger partial charge in [0.25, 0.3) is 0 Å². The van der Waals surface area contributed by atoms with Gasteiger partial charge in [0.1, 0.15) is 11.3 Å². The Morgan fingerprint density at radius 1 is 1.40 bits per heavy atom. The zero-order chi connectivity index (χ0) is 14.7. The Hall–Kier alpha value is -2.34. The highest BCUT2D eigenvalue weighted by atomic mass is 16.3. The molecule has 106 valence electrons. The first-order valence-electron chi connectivity index (χ1n) is 6.25. The van der Waals surface area contributed by atoms with Crippen LogP contribution in [0.5, 0.6) is 0 Å². The maximum Gasteiger partial charge on any atom is 0.318 e. The molecule has 0 bridgehead atoms. The number of nitrogens with two attached hydrogens (primary N) is 1. The molecule has 6 heteroatoms. The number of likely N-dealkylation sites (N-methyl/N-ethyl adjacent to an activating group) is 1. The fourth-order valence-electron chi connectivity index (χ4n) is 1.97. The van der Waals surface area contributed by atoms with Crippen LogP contribution in [0.1, 0.15) is 18.7 Å². The van der Waals surface area contributed by atoms with Crippen LogP contribution in [-0.2, 0) is 4.79 Å². The fraction of sp³-hybridized carbons (Fsp3) is 0.286. The Bertz CT molecular complexity index is 602. The summed E-state index contributed by atoms with van der Waals surface area (Å²) in [6, 6.07) is 8.71. The van der Waals surface area contributed by atoms with Crippen molar-refractivity contribution in [2.24, 2.45) is 5.73 Å². The summed E-state index contributed by atoms with van der Waals surface area (Å²) in [4.78, 5) is 23.9. The van der Waals surface area contributed by atoms with E-state index in [9.17, 15) is 9.59 Å². The van der Waals surface area contributed by atoms with Crippen LogP contribution in [0.15, 0.2) is 34.7 Å². The van der Waals surface area contributed by atoms with E-state index in [2.05, 4.69) is 0 Å². The highest BCUT2D eigenvalue weighted by Crippen LogP contribution is 2.26. The number of hydrogen-bond donors (Lipinski definition) is 2. The third kappa shape index (κ3) is 3.16. The molecule has 1 aromatic carbocycles. The predicted octanol–water partition coefficient (Wildman–Crippen LogP) is 1.62. The lowest BCUT2D eigenvalue weighted by Gasteiger charge is -2.21. The molecular weight excluding hydrogens is 258 g/mol. The molecule has 2 rings (SSSR count). The van der Waals surface area contributed by atoms with E-state index in [1.807, 2.05) is 42.6 Å². The number of urea groups is 1. The number of rotatable bonds is 4. The van der Waals surface area contributed by atoms with Gasteiger partial charge in [0, 0.05) is 5.39 Å². The molecule has 6 nitrogen and oxygen atoms in total. The molecule has 0 saturated carbocycles. The van der Waals surface area contributed by atoms with E-state index in [1.54, 1.807) is 11.9 Å². The van der Waals surface area contributed by atoms with Crippen molar-refractivity contribution in [3.05, 3.63) is 36.1 Å². The minimum Gasteiger partial charge on any atom is -0.459 e. The lowest BCUT2D eigenvalue weighted by molar-refractivity contribution is -0.121. The predicted molar refractivity (Wildman–Crippen MR) is 75.0 cm³/mol. The zero-order valence-electron chi connectivity index (χ0n) is 11.4. The molecule has 0 aliphatic rings. The zero-order valence-corrected chi connectivity index (χ0v) is 11.4. The molecule has 0 aliphatic heterocycles. The molecule has 0 aliphatic carbocycles. The number of fused-ring (bicyclic) bond motifs is 1. The number of amides is 3. The lowest BCUT2D eigenvalue weighted by Crippen LogP contribution is -2.41. The van der Waals surface area contributed by atoms with Crippen LogP contribution in [0.25, 0.3) is 11.0 Å². The Balaban J connectivity index is 2.07. The summed E-state index contributed by atoms with van der Waals surface area (Å²) in [5.74, 6) is 0.323. The standard InChI is InChI=1S/C14H17N3O3/c1-9(17(2)8-13(18)16-14(15)19)12-7-10-5-3-4-6-11(10)20-12/h3-7,9H,8H2,1-2H3,(H3,15,16,18,19)/t9-/m1/s1. The summed E-state index contributed by atoms with van der Waals surface area (Å²) in [5, 5.41) is 3.05. The van der Waals surface area contributed by atoms with Gasteiger partial charge in [-0.2, -0.15) is 0 Å². The molecule has 0 fully saturated rings. The number of carbonyl (C=O) groups excluding carboxylic acids is 2. The van der Waals surface area contributed by atoms with Crippen LogP contribution >= 0.6 is 0 Å². The highest BCUT2D eigenvalue weighted by Gasteiger charge is 2.18. The minimum absolute atomic E-state index is 0.0567. The van der Waals surface area contributed by atoms with E-state index >= 15 is 0 Å². The number of benzene rings is 1. The monoisotopic (exact) mass is 275 g/mol. The third-order valence-corrected chi connectivity index (χ3v) is 3.17. The van der Waals surface area contributed by atoms with Gasteiger partial charge in [0.05, 0.1) is 12.6 Å². The van der Waals surface area contributed by atoms with Crippen molar-refractivity contribution in [3.8, 4) is 0 Å². The summed E-state index contributed by atoms with van der Waals surface area (Å²) < 4.78 is 5.75. The number of imide groups is 1. The first-order chi connectivity index (χ1) is 9.47. The Morgan fingerprint density at radius 2 is 2.10 bits per heavy atom. The van der Waals surface area contributed by atoms with Gasteiger partial charge in [0.2, 0.25) is 5.91 Å². The smallest absolute Gasteiger partial charge is 0.318 e. The molecule has 3 amide bonds. The molecule has 0 spiro atoms. The number of nitrogens with one attached hydrogen (secondary N) is 1. The first-order valence-corrected chi connectivity index (χ1v) is 6.25. The summed E-state index contributed by atoms with van der Waals surface area (Å²) in [6.45, 7) is 1.98. The van der Waals surface area contributed by atoms with Crippen LogP contribution in [0.3, 0.4) is 0 Å². The number of nitrogens with zero attached hydrogens (tertiary/aromatic N) is 1. The van der Waals surface area contributed by atoms with Gasteiger partial charge >= 0.3 is 6.03 Å². The largest absolute Gasteiger partial charge is 0.459 e. The van der Waals surface area contributed by atoms with E-state index in [1.165, 1.54) is 0 Å². The van der Waals surface area contributed by atoms with E-state index in [-0.39, 0.29) is 12.6 Å². The van der Waals surface area contributed by atoms with Crippen molar-refractivity contribution in [3.63, 3.8) is 0 Å². The van der Waals surface area contributed by atoms with Crippen LogP contribution < -0.4 is 11.1 Å². The minimum atomic E-state index is -0.847. The molecule has 1 aromatic heterocycles. The number of hydrogen-bond acceptors (Lipinski definition) is 4. The SMILES string of the molecule is C[C@H](c1cc2ccccc2o1)N(C)CC(=O)NC(N)=O. The van der Waals surface area contributed by atoms with E-state index in [0.717, 1.165) is 16.7 Å². The van der Waals surface area contributed by atoms with Crippen LogP contribution in [0.4, 0.5) is 4.79 Å². The van der Waals surface area contributed by atoms with Crippen molar-refractivity contribution < 1.29 is 14.0 Å². The van der Waals surface area contributed by atoms with Gasteiger partial charge in [-0.3, -0.25) is 15.0 Å². The van der Waals surface area contributed by atoms with Crippen molar-refractivity contribution in [2.45, 2.75) is 13.0 Å². The van der Waals surface area contributed by atoms with Gasteiger partial charge in [-0.1, -0.05) is 18.2 Å². The van der Waals surface area contributed by atoms with Gasteiger partial charge in [0.15, 0.2) is 0 Å².